The van der Waals surface area contributed by atoms with E-state index >= 15 is 0 Å². The highest BCUT2D eigenvalue weighted by molar-refractivity contribution is 14.1. The van der Waals surface area contributed by atoms with E-state index in [4.69, 9.17) is 0 Å². The summed E-state index contributed by atoms with van der Waals surface area (Å²) in [4.78, 5) is 10.9. The number of anilines is 1. The fourth-order valence-corrected chi connectivity index (χ4v) is 2.84. The van der Waals surface area contributed by atoms with E-state index in [1.165, 1.54) is 25.3 Å². The molecule has 1 N–H and O–H groups in total. The third-order valence-corrected chi connectivity index (χ3v) is 4.39. The summed E-state index contributed by atoms with van der Waals surface area (Å²) < 4.78 is 43.2. The van der Waals surface area contributed by atoms with Gasteiger partial charge in [-0.1, -0.05) is 6.07 Å². The molecular formula is C10H11FINO4S. The fraction of sp³-hybridized carbons (Fsp3) is 0.300. The Morgan fingerprint density at radius 1 is 1.50 bits per heavy atom. The van der Waals surface area contributed by atoms with E-state index < -0.39 is 27.6 Å². The fourth-order valence-electron chi connectivity index (χ4n) is 1.12. The molecule has 0 radical (unpaired) electrons. The average molecular weight is 387 g/mol. The number of halogens is 2. The minimum atomic E-state index is -3.70. The van der Waals surface area contributed by atoms with E-state index in [0.717, 1.165) is 0 Å². The highest BCUT2D eigenvalue weighted by Gasteiger charge is 2.16. The normalized spacial score (nSPS) is 11.1. The average Bonchev–Trinajstić information content (AvgIpc) is 2.32. The molecule has 0 aliphatic heterocycles. The molecule has 0 saturated heterocycles. The van der Waals surface area contributed by atoms with Gasteiger partial charge >= 0.3 is 5.97 Å². The number of benzene rings is 1. The van der Waals surface area contributed by atoms with Gasteiger partial charge in [0.15, 0.2) is 0 Å². The number of carbonyl (C=O) groups excluding carboxylic acids is 1. The number of esters is 1. The molecule has 0 aliphatic carbocycles. The topological polar surface area (TPSA) is 72.5 Å². The molecule has 18 heavy (non-hydrogen) atoms. The van der Waals surface area contributed by atoms with Gasteiger partial charge in [0.05, 0.1) is 28.5 Å². The van der Waals surface area contributed by atoms with Gasteiger partial charge in [0.2, 0.25) is 10.0 Å². The maximum absolute atomic E-state index is 13.2. The number of sulfonamides is 1. The first-order valence-corrected chi connectivity index (χ1v) is 7.60. The van der Waals surface area contributed by atoms with Crippen molar-refractivity contribution in [2.75, 3.05) is 17.6 Å². The van der Waals surface area contributed by atoms with Crippen molar-refractivity contribution in [1.29, 1.82) is 0 Å². The van der Waals surface area contributed by atoms with Crippen LogP contribution in [-0.4, -0.2) is 27.2 Å². The van der Waals surface area contributed by atoms with Crippen molar-refractivity contribution in [1.82, 2.24) is 0 Å². The molecule has 1 aromatic carbocycles. The van der Waals surface area contributed by atoms with Crippen LogP contribution in [0.4, 0.5) is 10.1 Å². The minimum absolute atomic E-state index is 0.153. The Morgan fingerprint density at radius 3 is 2.78 bits per heavy atom. The summed E-state index contributed by atoms with van der Waals surface area (Å²) in [6.07, 6.45) is -0.252. The van der Waals surface area contributed by atoms with Crippen LogP contribution in [0, 0.1) is 9.39 Å². The monoisotopic (exact) mass is 387 g/mol. The summed E-state index contributed by atoms with van der Waals surface area (Å²) in [6, 6.07) is 4.07. The number of hydrogen-bond acceptors (Lipinski definition) is 4. The van der Waals surface area contributed by atoms with Crippen molar-refractivity contribution in [3.63, 3.8) is 0 Å². The SMILES string of the molecule is COC(=O)CCS(=O)(=O)Nc1cccc(F)c1I. The van der Waals surface area contributed by atoms with Crippen LogP contribution in [0.2, 0.25) is 0 Å². The van der Waals surface area contributed by atoms with Gasteiger partial charge in [0.25, 0.3) is 0 Å². The van der Waals surface area contributed by atoms with E-state index in [9.17, 15) is 17.6 Å². The molecule has 0 bridgehead atoms. The lowest BCUT2D eigenvalue weighted by Gasteiger charge is -2.09. The predicted molar refractivity (Wildman–Crippen MR) is 73.2 cm³/mol. The van der Waals surface area contributed by atoms with E-state index in [0.29, 0.717) is 0 Å². The first-order chi connectivity index (χ1) is 8.35. The molecule has 0 atom stereocenters. The molecule has 1 aromatic rings. The Labute approximate surface area is 118 Å². The number of methoxy groups -OCH3 is 1. The molecule has 100 valence electrons. The maximum Gasteiger partial charge on any atom is 0.306 e. The summed E-state index contributed by atoms with van der Waals surface area (Å²) in [5.41, 5.74) is 0.153. The van der Waals surface area contributed by atoms with E-state index in [-0.39, 0.29) is 15.7 Å². The van der Waals surface area contributed by atoms with Crippen molar-refractivity contribution in [2.24, 2.45) is 0 Å². The molecule has 0 aromatic heterocycles. The van der Waals surface area contributed by atoms with Gasteiger partial charge in [-0.3, -0.25) is 9.52 Å². The van der Waals surface area contributed by atoms with E-state index in [2.05, 4.69) is 9.46 Å². The molecule has 5 nitrogen and oxygen atoms in total. The zero-order chi connectivity index (χ0) is 13.8. The van der Waals surface area contributed by atoms with Crippen molar-refractivity contribution in [3.8, 4) is 0 Å². The van der Waals surface area contributed by atoms with E-state index in [1.54, 1.807) is 22.6 Å². The Hall–Kier alpha value is -0.900. The van der Waals surface area contributed by atoms with Crippen LogP contribution in [0.5, 0.6) is 0 Å². The number of nitrogens with one attached hydrogen (secondary N) is 1. The molecule has 0 saturated carbocycles. The highest BCUT2D eigenvalue weighted by atomic mass is 127. The Balaban J connectivity index is 2.77. The number of hydrogen-bond donors (Lipinski definition) is 1. The molecule has 0 aliphatic rings. The Bertz CT molecular complexity index is 547. The number of carbonyl (C=O) groups is 1. The van der Waals surface area contributed by atoms with Gasteiger partial charge in [-0.15, -0.1) is 0 Å². The maximum atomic E-state index is 13.2. The van der Waals surface area contributed by atoms with E-state index in [1.807, 2.05) is 0 Å². The smallest absolute Gasteiger partial charge is 0.306 e. The molecular weight excluding hydrogens is 376 g/mol. The second-order valence-electron chi connectivity index (χ2n) is 3.35. The van der Waals surface area contributed by atoms with Crippen LogP contribution in [0.1, 0.15) is 6.42 Å². The summed E-state index contributed by atoms with van der Waals surface area (Å²) >= 11 is 1.70. The van der Waals surface area contributed by atoms with Crippen LogP contribution >= 0.6 is 22.6 Å². The van der Waals surface area contributed by atoms with Gasteiger partial charge < -0.3 is 4.74 Å². The first kappa shape index (κ1) is 15.2. The van der Waals surface area contributed by atoms with Crippen molar-refractivity contribution < 1.29 is 22.3 Å². The Kier molecular flexibility index (Phi) is 5.32. The second-order valence-corrected chi connectivity index (χ2v) is 6.27. The third kappa shape index (κ3) is 4.41. The lowest BCUT2D eigenvalue weighted by molar-refractivity contribution is -0.140. The summed E-state index contributed by atoms with van der Waals surface area (Å²) in [5, 5.41) is 0. The zero-order valence-electron chi connectivity index (χ0n) is 9.44. The van der Waals surface area contributed by atoms with Gasteiger partial charge in [0, 0.05) is 0 Å². The second kappa shape index (κ2) is 6.32. The summed E-state index contributed by atoms with van der Waals surface area (Å²) in [6.45, 7) is 0. The molecule has 0 heterocycles. The number of ether oxygens (including phenoxy) is 1. The van der Waals surface area contributed by atoms with Gasteiger partial charge in [-0.2, -0.15) is 0 Å². The quantitative estimate of drug-likeness (QED) is 0.617. The molecule has 0 spiro atoms. The van der Waals surface area contributed by atoms with Gasteiger partial charge in [-0.25, -0.2) is 12.8 Å². The lowest BCUT2D eigenvalue weighted by Crippen LogP contribution is -2.20. The first-order valence-electron chi connectivity index (χ1n) is 4.87. The molecule has 0 fully saturated rings. The minimum Gasteiger partial charge on any atom is -0.469 e. The highest BCUT2D eigenvalue weighted by Crippen LogP contribution is 2.22. The van der Waals surface area contributed by atoms with Crippen LogP contribution in [0.3, 0.4) is 0 Å². The van der Waals surface area contributed by atoms with Gasteiger partial charge in [0.1, 0.15) is 5.82 Å². The van der Waals surface area contributed by atoms with Crippen molar-refractivity contribution in [3.05, 3.63) is 27.6 Å². The molecule has 8 heteroatoms. The standard InChI is InChI=1S/C10H11FINO4S/c1-17-9(14)5-6-18(15,16)13-8-4-2-3-7(11)10(8)12/h2-4,13H,5-6H2,1H3. The van der Waals surface area contributed by atoms with Crippen LogP contribution in [-0.2, 0) is 19.6 Å². The van der Waals surface area contributed by atoms with Crippen LogP contribution in [0.15, 0.2) is 18.2 Å². The summed E-state index contributed by atoms with van der Waals surface area (Å²) in [7, 11) is -2.52. The molecule has 1 rings (SSSR count). The van der Waals surface area contributed by atoms with Crippen molar-refractivity contribution in [2.45, 2.75) is 6.42 Å². The predicted octanol–water partition coefficient (Wildman–Crippen LogP) is 1.74. The summed E-state index contributed by atoms with van der Waals surface area (Å²) in [5.74, 6) is -1.54. The molecule has 0 unspecified atom stereocenters. The molecule has 0 amide bonds. The largest absolute Gasteiger partial charge is 0.469 e. The Morgan fingerprint density at radius 2 is 2.17 bits per heavy atom. The number of rotatable bonds is 5. The van der Waals surface area contributed by atoms with Crippen LogP contribution in [0.25, 0.3) is 0 Å². The van der Waals surface area contributed by atoms with Crippen molar-refractivity contribution >= 4 is 44.3 Å². The lowest BCUT2D eigenvalue weighted by atomic mass is 10.3. The third-order valence-electron chi connectivity index (χ3n) is 2.02. The van der Waals surface area contributed by atoms with Crippen LogP contribution < -0.4 is 4.72 Å². The van der Waals surface area contributed by atoms with Gasteiger partial charge in [-0.05, 0) is 34.7 Å². The zero-order valence-corrected chi connectivity index (χ0v) is 12.4.